The maximum absolute atomic E-state index is 5.98. The second-order valence-corrected chi connectivity index (χ2v) is 5.43. The van der Waals surface area contributed by atoms with Crippen molar-refractivity contribution in [2.75, 3.05) is 26.8 Å². The van der Waals surface area contributed by atoms with Crippen LogP contribution in [0.25, 0.3) is 0 Å². The second-order valence-electron chi connectivity index (χ2n) is 4.05. The van der Waals surface area contributed by atoms with Crippen molar-refractivity contribution in [1.29, 1.82) is 0 Å². The summed E-state index contributed by atoms with van der Waals surface area (Å²) in [5.74, 6) is 0. The number of thiophene rings is 1. The summed E-state index contributed by atoms with van der Waals surface area (Å²) in [6.07, 6.45) is 0. The molecule has 1 aromatic heterocycles. The average Bonchev–Trinajstić information content (AvgIpc) is 2.72. The van der Waals surface area contributed by atoms with Gasteiger partial charge in [-0.3, -0.25) is 4.90 Å². The molecule has 0 saturated heterocycles. The van der Waals surface area contributed by atoms with E-state index < -0.39 is 0 Å². The van der Waals surface area contributed by atoms with Crippen LogP contribution >= 0.6 is 22.9 Å². The number of hydrogen-bond acceptors (Lipinski definition) is 4. The zero-order valence-electron chi connectivity index (χ0n) is 10.6. The van der Waals surface area contributed by atoms with Crippen molar-refractivity contribution in [2.45, 2.75) is 25.9 Å². The molecule has 17 heavy (non-hydrogen) atoms. The molecule has 0 fully saturated rings. The summed E-state index contributed by atoms with van der Waals surface area (Å²) >= 11 is 7.64. The van der Waals surface area contributed by atoms with E-state index in [1.54, 1.807) is 18.4 Å². The number of methoxy groups -OCH3 is 1. The number of halogens is 1. The Kier molecular flexibility index (Phi) is 6.44. The lowest BCUT2D eigenvalue weighted by Gasteiger charge is -2.34. The Hall–Kier alpha value is -0.130. The van der Waals surface area contributed by atoms with Crippen LogP contribution in [-0.2, 0) is 4.74 Å². The second kappa shape index (κ2) is 7.34. The largest absolute Gasteiger partial charge is 0.383 e. The molecule has 2 unspecified atom stereocenters. The predicted molar refractivity (Wildman–Crippen MR) is 74.8 cm³/mol. The van der Waals surface area contributed by atoms with Crippen LogP contribution in [0.4, 0.5) is 0 Å². The molecule has 0 aliphatic heterocycles. The van der Waals surface area contributed by atoms with E-state index in [0.29, 0.717) is 19.2 Å². The Labute approximate surface area is 113 Å². The van der Waals surface area contributed by atoms with E-state index in [9.17, 15) is 0 Å². The number of rotatable bonds is 7. The SMILES string of the molecule is CCN(C(C)COC)C(CN)c1cc(Cl)cs1. The monoisotopic (exact) mass is 276 g/mol. The van der Waals surface area contributed by atoms with Gasteiger partial charge in [-0.15, -0.1) is 11.3 Å². The molecular weight excluding hydrogens is 256 g/mol. The molecule has 98 valence electrons. The van der Waals surface area contributed by atoms with Gasteiger partial charge in [-0.05, 0) is 19.5 Å². The van der Waals surface area contributed by atoms with Crippen molar-refractivity contribution in [1.82, 2.24) is 4.90 Å². The van der Waals surface area contributed by atoms with E-state index in [4.69, 9.17) is 22.1 Å². The summed E-state index contributed by atoms with van der Waals surface area (Å²) in [6.45, 7) is 6.55. The minimum Gasteiger partial charge on any atom is -0.383 e. The third-order valence-corrected chi connectivity index (χ3v) is 4.26. The first-order valence-electron chi connectivity index (χ1n) is 5.82. The van der Waals surface area contributed by atoms with Gasteiger partial charge in [0.15, 0.2) is 0 Å². The van der Waals surface area contributed by atoms with Crippen molar-refractivity contribution >= 4 is 22.9 Å². The van der Waals surface area contributed by atoms with Crippen LogP contribution in [0.1, 0.15) is 24.8 Å². The summed E-state index contributed by atoms with van der Waals surface area (Å²) in [5.41, 5.74) is 5.91. The smallest absolute Gasteiger partial charge is 0.0615 e. The standard InChI is InChI=1S/C12H21ClN2OS/c1-4-15(9(2)7-16-3)11(6-14)12-5-10(13)8-17-12/h5,8-9,11H,4,6-7,14H2,1-3H3. The van der Waals surface area contributed by atoms with Gasteiger partial charge >= 0.3 is 0 Å². The normalized spacial score (nSPS) is 15.2. The zero-order valence-corrected chi connectivity index (χ0v) is 12.2. The molecule has 0 radical (unpaired) electrons. The third kappa shape index (κ3) is 3.93. The summed E-state index contributed by atoms with van der Waals surface area (Å²) in [5, 5.41) is 2.74. The summed E-state index contributed by atoms with van der Waals surface area (Å²) in [4.78, 5) is 3.58. The van der Waals surface area contributed by atoms with E-state index in [0.717, 1.165) is 11.6 Å². The molecule has 0 amide bonds. The van der Waals surface area contributed by atoms with Crippen molar-refractivity contribution < 1.29 is 4.74 Å². The molecule has 1 rings (SSSR count). The minimum atomic E-state index is 0.225. The molecule has 0 aliphatic rings. The molecule has 0 aliphatic carbocycles. The summed E-state index contributed by atoms with van der Waals surface area (Å²) in [7, 11) is 1.73. The van der Waals surface area contributed by atoms with Gasteiger partial charge in [0.25, 0.3) is 0 Å². The first kappa shape index (κ1) is 14.9. The van der Waals surface area contributed by atoms with E-state index in [1.165, 1.54) is 4.88 Å². The van der Waals surface area contributed by atoms with E-state index in [2.05, 4.69) is 18.7 Å². The highest BCUT2D eigenvalue weighted by Crippen LogP contribution is 2.29. The molecule has 0 saturated carbocycles. The number of ether oxygens (including phenoxy) is 1. The van der Waals surface area contributed by atoms with Gasteiger partial charge in [0, 0.05) is 30.0 Å². The lowest BCUT2D eigenvalue weighted by molar-refractivity contribution is 0.0762. The van der Waals surface area contributed by atoms with Gasteiger partial charge in [0.2, 0.25) is 0 Å². The fourth-order valence-electron chi connectivity index (χ4n) is 2.09. The maximum Gasteiger partial charge on any atom is 0.0615 e. The maximum atomic E-state index is 5.98. The van der Waals surface area contributed by atoms with Crippen LogP contribution in [0.5, 0.6) is 0 Å². The van der Waals surface area contributed by atoms with Gasteiger partial charge in [-0.25, -0.2) is 0 Å². The number of nitrogens with two attached hydrogens (primary N) is 1. The fourth-order valence-corrected chi connectivity index (χ4v) is 3.31. The van der Waals surface area contributed by atoms with E-state index in [1.807, 2.05) is 11.4 Å². The summed E-state index contributed by atoms with van der Waals surface area (Å²) < 4.78 is 5.22. The van der Waals surface area contributed by atoms with Crippen molar-refractivity contribution in [3.05, 3.63) is 21.3 Å². The molecule has 1 aromatic rings. The molecule has 5 heteroatoms. The Bertz CT molecular complexity index is 332. The highest BCUT2D eigenvalue weighted by molar-refractivity contribution is 7.10. The van der Waals surface area contributed by atoms with Crippen LogP contribution < -0.4 is 5.73 Å². The molecule has 3 nitrogen and oxygen atoms in total. The lowest BCUT2D eigenvalue weighted by atomic mass is 10.1. The van der Waals surface area contributed by atoms with Gasteiger partial charge in [0.05, 0.1) is 17.7 Å². The van der Waals surface area contributed by atoms with Gasteiger partial charge < -0.3 is 10.5 Å². The first-order chi connectivity index (χ1) is 8.13. The highest BCUT2D eigenvalue weighted by atomic mass is 35.5. The van der Waals surface area contributed by atoms with Crippen molar-refractivity contribution in [3.8, 4) is 0 Å². The lowest BCUT2D eigenvalue weighted by Crippen LogP contribution is -2.41. The molecular formula is C12H21ClN2OS. The van der Waals surface area contributed by atoms with Crippen LogP contribution in [0.2, 0.25) is 5.02 Å². The minimum absolute atomic E-state index is 0.225. The predicted octanol–water partition coefficient (Wildman–Crippen LogP) is 2.76. The van der Waals surface area contributed by atoms with Gasteiger partial charge in [-0.2, -0.15) is 0 Å². The Balaban J connectivity index is 2.83. The Morgan fingerprint density at radius 2 is 2.29 bits per heavy atom. The van der Waals surface area contributed by atoms with Crippen LogP contribution in [-0.4, -0.2) is 37.7 Å². The highest BCUT2D eigenvalue weighted by Gasteiger charge is 2.23. The Morgan fingerprint density at radius 1 is 1.59 bits per heavy atom. The number of likely N-dealkylation sites (N-methyl/N-ethyl adjacent to an activating group) is 1. The molecule has 0 aromatic carbocycles. The zero-order chi connectivity index (χ0) is 12.8. The van der Waals surface area contributed by atoms with Gasteiger partial charge in [0.1, 0.15) is 0 Å². The molecule has 2 atom stereocenters. The first-order valence-corrected chi connectivity index (χ1v) is 7.08. The van der Waals surface area contributed by atoms with Crippen molar-refractivity contribution in [2.24, 2.45) is 5.73 Å². The van der Waals surface area contributed by atoms with E-state index in [-0.39, 0.29) is 6.04 Å². The van der Waals surface area contributed by atoms with E-state index >= 15 is 0 Å². The quantitative estimate of drug-likeness (QED) is 0.832. The fraction of sp³-hybridized carbons (Fsp3) is 0.667. The third-order valence-electron chi connectivity index (χ3n) is 2.88. The molecule has 2 N–H and O–H groups in total. The molecule has 0 spiro atoms. The molecule has 1 heterocycles. The Morgan fingerprint density at radius 3 is 2.71 bits per heavy atom. The topological polar surface area (TPSA) is 38.5 Å². The van der Waals surface area contributed by atoms with Crippen molar-refractivity contribution in [3.63, 3.8) is 0 Å². The van der Waals surface area contributed by atoms with Gasteiger partial charge in [-0.1, -0.05) is 18.5 Å². The van der Waals surface area contributed by atoms with Crippen LogP contribution in [0.3, 0.4) is 0 Å². The van der Waals surface area contributed by atoms with Crippen LogP contribution in [0, 0.1) is 0 Å². The molecule has 0 bridgehead atoms. The van der Waals surface area contributed by atoms with Crippen LogP contribution in [0.15, 0.2) is 11.4 Å². The average molecular weight is 277 g/mol. The summed E-state index contributed by atoms with van der Waals surface area (Å²) in [6, 6.07) is 2.58. The number of hydrogen-bond donors (Lipinski definition) is 1. The number of nitrogens with zero attached hydrogens (tertiary/aromatic N) is 1.